The van der Waals surface area contributed by atoms with Gasteiger partial charge in [0.2, 0.25) is 10.0 Å². The number of anilines is 1. The average Bonchev–Trinajstić information content (AvgIpc) is 2.70. The Morgan fingerprint density at radius 3 is 2.54 bits per heavy atom. The second kappa shape index (κ2) is 7.88. The van der Waals surface area contributed by atoms with Crippen LogP contribution in [0.1, 0.15) is 11.1 Å². The topological polar surface area (TPSA) is 114 Å². The van der Waals surface area contributed by atoms with Crippen molar-refractivity contribution < 1.29 is 18.3 Å². The summed E-state index contributed by atoms with van der Waals surface area (Å²) in [7, 11) is -3.84. The molecule has 8 nitrogen and oxygen atoms in total. The zero-order chi connectivity index (χ0) is 20.3. The summed E-state index contributed by atoms with van der Waals surface area (Å²) in [4.78, 5) is 13.8. The molecule has 0 aromatic heterocycles. The first-order valence-corrected chi connectivity index (χ1v) is 10.1. The molecular weight excluding hydrogens is 380 g/mol. The largest absolute Gasteiger partial charge is 0.507 e. The highest BCUT2D eigenvalue weighted by Crippen LogP contribution is 2.27. The van der Waals surface area contributed by atoms with Crippen LogP contribution in [0.5, 0.6) is 5.75 Å². The van der Waals surface area contributed by atoms with Crippen LogP contribution < -0.4 is 5.32 Å². The highest BCUT2D eigenvalue weighted by atomic mass is 32.2. The molecule has 2 aromatic rings. The van der Waals surface area contributed by atoms with E-state index in [1.165, 1.54) is 21.3 Å². The van der Waals surface area contributed by atoms with E-state index in [9.17, 15) is 18.3 Å². The molecule has 9 heteroatoms. The molecule has 1 fully saturated rings. The maximum atomic E-state index is 12.8. The second-order valence-electron chi connectivity index (χ2n) is 6.49. The third-order valence-corrected chi connectivity index (χ3v) is 6.43. The van der Waals surface area contributed by atoms with Crippen LogP contribution in [0.4, 0.5) is 10.5 Å². The van der Waals surface area contributed by atoms with Gasteiger partial charge in [0.1, 0.15) is 10.6 Å². The van der Waals surface area contributed by atoms with E-state index in [1.54, 1.807) is 37.3 Å². The Labute approximate surface area is 163 Å². The van der Waals surface area contributed by atoms with E-state index in [1.807, 2.05) is 6.07 Å². The predicted octanol–water partition coefficient (Wildman–Crippen LogP) is 2.11. The molecule has 0 unspecified atom stereocenters. The van der Waals surface area contributed by atoms with Gasteiger partial charge in [-0.05, 0) is 42.8 Å². The van der Waals surface area contributed by atoms with Gasteiger partial charge in [-0.3, -0.25) is 0 Å². The number of aryl methyl sites for hydroxylation is 1. The summed E-state index contributed by atoms with van der Waals surface area (Å²) in [5.41, 5.74) is 1.67. The SMILES string of the molecule is Cc1ccc(O)c(S(=O)(=O)N2CCN(C(=O)Nc3cccc(C#N)c3)CC2)c1. The molecule has 0 saturated carbocycles. The minimum atomic E-state index is -3.84. The molecule has 1 aliphatic heterocycles. The van der Waals surface area contributed by atoms with E-state index >= 15 is 0 Å². The van der Waals surface area contributed by atoms with Crippen molar-refractivity contribution >= 4 is 21.7 Å². The van der Waals surface area contributed by atoms with Gasteiger partial charge in [0.05, 0.1) is 11.6 Å². The van der Waals surface area contributed by atoms with Gasteiger partial charge in [0, 0.05) is 31.9 Å². The van der Waals surface area contributed by atoms with Crippen LogP contribution in [0, 0.1) is 18.3 Å². The van der Waals surface area contributed by atoms with Gasteiger partial charge in [-0.15, -0.1) is 0 Å². The maximum Gasteiger partial charge on any atom is 0.321 e. The molecule has 0 bridgehead atoms. The lowest BCUT2D eigenvalue weighted by Gasteiger charge is -2.34. The number of carbonyl (C=O) groups excluding carboxylic acids is 1. The van der Waals surface area contributed by atoms with Crippen LogP contribution in [0.2, 0.25) is 0 Å². The smallest absolute Gasteiger partial charge is 0.321 e. The fourth-order valence-electron chi connectivity index (χ4n) is 2.97. The van der Waals surface area contributed by atoms with E-state index in [2.05, 4.69) is 5.32 Å². The van der Waals surface area contributed by atoms with Gasteiger partial charge in [-0.25, -0.2) is 13.2 Å². The molecule has 2 N–H and O–H groups in total. The first kappa shape index (κ1) is 19.7. The Kier molecular flexibility index (Phi) is 5.53. The number of hydrogen-bond acceptors (Lipinski definition) is 5. The van der Waals surface area contributed by atoms with Crippen molar-refractivity contribution in [1.82, 2.24) is 9.21 Å². The number of sulfonamides is 1. The summed E-state index contributed by atoms with van der Waals surface area (Å²) in [6.07, 6.45) is 0. The van der Waals surface area contributed by atoms with Crippen LogP contribution >= 0.6 is 0 Å². The number of amides is 2. The number of nitrogens with one attached hydrogen (secondary N) is 1. The fraction of sp³-hybridized carbons (Fsp3) is 0.263. The third-order valence-electron chi connectivity index (χ3n) is 4.50. The number of nitriles is 1. The Hall–Kier alpha value is -3.09. The molecule has 0 spiro atoms. The lowest BCUT2D eigenvalue weighted by atomic mass is 10.2. The molecule has 1 saturated heterocycles. The lowest BCUT2D eigenvalue weighted by molar-refractivity contribution is 0.184. The monoisotopic (exact) mass is 400 g/mol. The fourth-order valence-corrected chi connectivity index (χ4v) is 4.56. The highest BCUT2D eigenvalue weighted by molar-refractivity contribution is 7.89. The molecule has 146 valence electrons. The molecular formula is C19H20N4O4S. The zero-order valence-corrected chi connectivity index (χ0v) is 16.1. The van der Waals surface area contributed by atoms with Crippen LogP contribution in [0.3, 0.4) is 0 Å². The molecule has 2 aromatic carbocycles. The number of urea groups is 1. The lowest BCUT2D eigenvalue weighted by Crippen LogP contribution is -2.51. The number of hydrogen-bond donors (Lipinski definition) is 2. The summed E-state index contributed by atoms with van der Waals surface area (Å²) < 4.78 is 26.9. The van der Waals surface area contributed by atoms with Crippen LogP contribution in [0.25, 0.3) is 0 Å². The summed E-state index contributed by atoms with van der Waals surface area (Å²) >= 11 is 0. The number of nitrogens with zero attached hydrogens (tertiary/aromatic N) is 3. The molecule has 0 radical (unpaired) electrons. The number of benzene rings is 2. The molecule has 1 aliphatic rings. The van der Waals surface area contributed by atoms with Gasteiger partial charge in [-0.2, -0.15) is 9.57 Å². The standard InChI is InChI=1S/C19H20N4O4S/c1-14-5-6-17(24)18(11-14)28(26,27)23-9-7-22(8-10-23)19(25)21-16-4-2-3-15(12-16)13-20/h2-6,11-12,24H,7-10H2,1H3,(H,21,25). The quantitative estimate of drug-likeness (QED) is 0.819. The zero-order valence-electron chi connectivity index (χ0n) is 15.3. The van der Waals surface area contributed by atoms with Crippen molar-refractivity contribution in [3.05, 3.63) is 53.6 Å². The van der Waals surface area contributed by atoms with Gasteiger partial charge in [-0.1, -0.05) is 12.1 Å². The van der Waals surface area contributed by atoms with E-state index in [4.69, 9.17) is 5.26 Å². The van der Waals surface area contributed by atoms with Gasteiger partial charge >= 0.3 is 6.03 Å². The molecule has 0 aliphatic carbocycles. The van der Waals surface area contributed by atoms with Crippen molar-refractivity contribution in [3.63, 3.8) is 0 Å². The predicted molar refractivity (Wildman–Crippen MR) is 103 cm³/mol. The van der Waals surface area contributed by atoms with E-state index in [-0.39, 0.29) is 42.9 Å². The van der Waals surface area contributed by atoms with E-state index in [0.29, 0.717) is 11.3 Å². The number of phenols is 1. The van der Waals surface area contributed by atoms with Crippen molar-refractivity contribution in [3.8, 4) is 11.8 Å². The number of phenolic OH excluding ortho intramolecular Hbond substituents is 1. The van der Waals surface area contributed by atoms with E-state index < -0.39 is 10.0 Å². The molecule has 28 heavy (non-hydrogen) atoms. The third kappa shape index (κ3) is 4.08. The minimum Gasteiger partial charge on any atom is -0.507 e. The summed E-state index contributed by atoms with van der Waals surface area (Å²) in [6, 6.07) is 12.6. The van der Waals surface area contributed by atoms with Crippen LogP contribution in [-0.4, -0.2) is 54.9 Å². The number of aromatic hydroxyl groups is 1. The number of rotatable bonds is 3. The minimum absolute atomic E-state index is 0.126. The van der Waals surface area contributed by atoms with Crippen LogP contribution in [0.15, 0.2) is 47.4 Å². The first-order valence-electron chi connectivity index (χ1n) is 8.67. The molecule has 1 heterocycles. The van der Waals surface area contributed by atoms with Crippen molar-refractivity contribution in [2.75, 3.05) is 31.5 Å². The van der Waals surface area contributed by atoms with Gasteiger partial charge in [0.15, 0.2) is 0 Å². The number of piperazine rings is 1. The van der Waals surface area contributed by atoms with Gasteiger partial charge in [0.25, 0.3) is 0 Å². The second-order valence-corrected chi connectivity index (χ2v) is 8.39. The Morgan fingerprint density at radius 1 is 1.14 bits per heavy atom. The highest BCUT2D eigenvalue weighted by Gasteiger charge is 2.31. The first-order chi connectivity index (χ1) is 13.3. The van der Waals surface area contributed by atoms with Gasteiger partial charge < -0.3 is 15.3 Å². The summed E-state index contributed by atoms with van der Waals surface area (Å²) in [5, 5.41) is 21.6. The summed E-state index contributed by atoms with van der Waals surface area (Å²) in [5.74, 6) is -0.289. The Morgan fingerprint density at radius 2 is 1.86 bits per heavy atom. The normalized spacial score (nSPS) is 15.1. The maximum absolute atomic E-state index is 12.8. The number of carbonyl (C=O) groups is 1. The Balaban J connectivity index is 1.66. The average molecular weight is 400 g/mol. The van der Waals surface area contributed by atoms with Crippen molar-refractivity contribution in [2.45, 2.75) is 11.8 Å². The molecule has 0 atom stereocenters. The van der Waals surface area contributed by atoms with Crippen LogP contribution in [-0.2, 0) is 10.0 Å². The molecule has 3 rings (SSSR count). The van der Waals surface area contributed by atoms with Crippen molar-refractivity contribution in [2.24, 2.45) is 0 Å². The molecule has 2 amide bonds. The Bertz CT molecular complexity index is 1040. The van der Waals surface area contributed by atoms with E-state index in [0.717, 1.165) is 5.56 Å². The summed E-state index contributed by atoms with van der Waals surface area (Å²) in [6.45, 7) is 2.44. The van der Waals surface area contributed by atoms with Crippen molar-refractivity contribution in [1.29, 1.82) is 5.26 Å².